The Morgan fingerprint density at radius 2 is 1.12 bits per heavy atom. The lowest BCUT2D eigenvalue weighted by atomic mass is 9.88. The molecule has 2 aliphatic carbocycles. The van der Waals surface area contributed by atoms with Crippen LogP contribution < -0.4 is 11.1 Å². The van der Waals surface area contributed by atoms with E-state index in [9.17, 15) is 30.2 Å². The first-order valence-electron chi connectivity index (χ1n) is 19.3. The predicted molar refractivity (Wildman–Crippen MR) is 240 cm³/mol. The first-order chi connectivity index (χ1) is 28.6. The molecule has 0 spiro atoms. The largest absolute Gasteiger partial charge is 0.507 e. The summed E-state index contributed by atoms with van der Waals surface area (Å²) in [6.45, 7) is 0. The van der Waals surface area contributed by atoms with E-state index >= 15 is 0 Å². The Balaban J connectivity index is 0.000000152. The van der Waals surface area contributed by atoms with Crippen molar-refractivity contribution in [1.82, 2.24) is 9.97 Å². The highest BCUT2D eigenvalue weighted by atomic mass is 35.5. The second kappa shape index (κ2) is 15.7. The van der Waals surface area contributed by atoms with Crippen LogP contribution in [0.5, 0.6) is 17.2 Å². The number of benzene rings is 4. The van der Waals surface area contributed by atoms with E-state index in [-0.39, 0.29) is 33.9 Å². The molecule has 59 heavy (non-hydrogen) atoms. The minimum Gasteiger partial charge on any atom is -0.507 e. The van der Waals surface area contributed by atoms with Gasteiger partial charge in [0.1, 0.15) is 35.6 Å². The molecule has 0 atom stereocenters. The van der Waals surface area contributed by atoms with E-state index in [1.54, 1.807) is 36.4 Å². The van der Waals surface area contributed by atoms with Crippen LogP contribution in [0, 0.1) is 11.3 Å². The zero-order valence-electron chi connectivity index (χ0n) is 31.4. The predicted octanol–water partition coefficient (Wildman–Crippen LogP) is 11.9. The zero-order valence-corrected chi connectivity index (χ0v) is 34.6. The molecule has 0 aliphatic heterocycles. The molecule has 0 fully saturated rings. The molecule has 0 radical (unpaired) electrons. The van der Waals surface area contributed by atoms with Crippen LogP contribution in [0.25, 0.3) is 64.9 Å². The van der Waals surface area contributed by atoms with Crippen molar-refractivity contribution in [3.63, 3.8) is 0 Å². The Labute approximate surface area is 356 Å². The Bertz CT molecular complexity index is 3140. The topological polar surface area (TPSA) is 150 Å². The van der Waals surface area contributed by atoms with Crippen LogP contribution in [0.4, 0.5) is 0 Å². The van der Waals surface area contributed by atoms with Gasteiger partial charge in [-0.15, -0.1) is 22.7 Å². The molecule has 8 nitrogen and oxygen atoms in total. The minimum atomic E-state index is -0.412. The number of thiophene rings is 2. The fourth-order valence-corrected chi connectivity index (χ4v) is 11.3. The van der Waals surface area contributed by atoms with Crippen molar-refractivity contribution in [3.8, 4) is 67.8 Å². The quantitative estimate of drug-likeness (QED) is 0.119. The Morgan fingerprint density at radius 3 is 1.81 bits per heavy atom. The summed E-state index contributed by atoms with van der Waals surface area (Å²) in [6.07, 6.45) is 8.46. The lowest BCUT2D eigenvalue weighted by Gasteiger charge is -2.19. The monoisotopic (exact) mass is 855 g/mol. The summed E-state index contributed by atoms with van der Waals surface area (Å²) in [5, 5.41) is 43.5. The maximum absolute atomic E-state index is 12.8. The van der Waals surface area contributed by atoms with Gasteiger partial charge in [-0.3, -0.25) is 9.59 Å². The molecule has 5 N–H and O–H groups in total. The number of phenolic OH excluding ortho intramolecular Hbond substituents is 1. The number of nitriles is 1. The Kier molecular flexibility index (Phi) is 10.3. The van der Waals surface area contributed by atoms with Gasteiger partial charge in [0.15, 0.2) is 0 Å². The molecule has 0 saturated heterocycles. The third-order valence-corrected chi connectivity index (χ3v) is 14.0. The van der Waals surface area contributed by atoms with Gasteiger partial charge >= 0.3 is 0 Å². The number of aryl methyl sites for hydroxylation is 3. The van der Waals surface area contributed by atoms with Gasteiger partial charge in [0.05, 0.1) is 33.5 Å². The smallest absolute Gasteiger partial charge is 0.260 e. The van der Waals surface area contributed by atoms with Crippen molar-refractivity contribution in [1.29, 1.82) is 5.26 Å². The highest BCUT2D eigenvalue weighted by Gasteiger charge is 2.26. The maximum Gasteiger partial charge on any atom is 0.260 e. The van der Waals surface area contributed by atoms with Crippen LogP contribution in [0.15, 0.2) is 94.5 Å². The third kappa shape index (κ3) is 6.88. The number of aromatic amines is 2. The summed E-state index contributed by atoms with van der Waals surface area (Å²) in [5.41, 5.74) is 8.72. The van der Waals surface area contributed by atoms with Gasteiger partial charge in [-0.05, 0) is 102 Å². The van der Waals surface area contributed by atoms with Gasteiger partial charge in [0, 0.05) is 16.7 Å². The van der Waals surface area contributed by atoms with Gasteiger partial charge in [-0.25, -0.2) is 0 Å². The second-order valence-corrected chi connectivity index (χ2v) is 18.1. The number of nitrogens with zero attached hydrogens (tertiary/aromatic N) is 1. The van der Waals surface area contributed by atoms with E-state index in [1.807, 2.05) is 36.4 Å². The molecular weight excluding hydrogens is 822 g/mol. The van der Waals surface area contributed by atoms with E-state index in [2.05, 4.69) is 28.2 Å². The standard InChI is InChI=1S/C24H17ClN2O2S.C23H18ClNO3S/c25-22-18(17-9-8-14-5-1-2-6-15(14)11-17)20-21(28)19(23(29)27-24(20)30-22)16-7-3-4-13(10-16)12-26;24-21-17(15-11-10-12-6-4-5-9-14(12)19(15)26)18-20(27)16(13-7-2-1-3-8-13)22(28)25-23(18)29-21/h3-4,7-11H,1-2,5-6H2,(H2,27,28,29);1-3,7-8,10-11,26H,4-6,9H2,(H2,25,27,28). The fraction of sp³-hybridized carbons (Fsp3) is 0.170. The molecule has 4 heterocycles. The molecule has 8 aromatic rings. The molecule has 4 aromatic heterocycles. The number of hydrogen-bond acceptors (Lipinski definition) is 8. The van der Waals surface area contributed by atoms with Crippen LogP contribution in [0.2, 0.25) is 8.67 Å². The highest BCUT2D eigenvalue weighted by molar-refractivity contribution is 7.23. The number of H-pyrrole nitrogens is 2. The molecule has 10 rings (SSSR count). The first-order valence-corrected chi connectivity index (χ1v) is 21.7. The van der Waals surface area contributed by atoms with Crippen molar-refractivity contribution in [2.45, 2.75) is 51.4 Å². The number of rotatable bonds is 4. The fourth-order valence-electron chi connectivity index (χ4n) is 8.51. The summed E-state index contributed by atoms with van der Waals surface area (Å²) in [7, 11) is 0. The zero-order chi connectivity index (χ0) is 40.9. The van der Waals surface area contributed by atoms with Gasteiger partial charge in [0.2, 0.25) is 0 Å². The van der Waals surface area contributed by atoms with Crippen molar-refractivity contribution in [2.24, 2.45) is 0 Å². The molecule has 0 amide bonds. The first kappa shape index (κ1) is 38.7. The minimum absolute atomic E-state index is 0.111. The third-order valence-electron chi connectivity index (χ3n) is 11.3. The van der Waals surface area contributed by atoms with E-state index in [0.717, 1.165) is 60.8 Å². The summed E-state index contributed by atoms with van der Waals surface area (Å²) in [5.74, 6) is -0.0133. The lowest BCUT2D eigenvalue weighted by Crippen LogP contribution is -2.08. The average molecular weight is 857 g/mol. The summed E-state index contributed by atoms with van der Waals surface area (Å²) < 4.78 is 0.942. The van der Waals surface area contributed by atoms with Crippen LogP contribution in [0.3, 0.4) is 0 Å². The van der Waals surface area contributed by atoms with Crippen LogP contribution >= 0.6 is 45.9 Å². The molecule has 0 bridgehead atoms. The van der Waals surface area contributed by atoms with Crippen LogP contribution in [-0.4, -0.2) is 25.3 Å². The van der Waals surface area contributed by atoms with Gasteiger partial charge in [-0.2, -0.15) is 5.26 Å². The van der Waals surface area contributed by atoms with Gasteiger partial charge in [0.25, 0.3) is 11.1 Å². The van der Waals surface area contributed by atoms with Crippen molar-refractivity contribution < 1.29 is 15.3 Å². The summed E-state index contributed by atoms with van der Waals surface area (Å²) in [4.78, 5) is 32.2. The molecular formula is C47H35Cl2N3O5S2. The SMILES string of the molecule is N#Cc1cccc(-c2c(O)c3c(-c4ccc5c(c4)CCCC5)c(Cl)sc3[nH]c2=O)c1.O=c1[nH]c2sc(Cl)c(-c3ccc4c(c3O)CCCC4)c2c(O)c1-c1ccccc1. The lowest BCUT2D eigenvalue weighted by molar-refractivity contribution is 0.464. The van der Waals surface area contributed by atoms with Crippen molar-refractivity contribution in [3.05, 3.63) is 142 Å². The number of nitrogens with one attached hydrogen (secondary N) is 2. The maximum atomic E-state index is 12.8. The molecule has 4 aromatic carbocycles. The number of aromatic hydroxyl groups is 3. The summed E-state index contributed by atoms with van der Waals surface area (Å²) >= 11 is 15.6. The van der Waals surface area contributed by atoms with Crippen LogP contribution in [0.1, 0.15) is 53.5 Å². The number of halogens is 2. The molecule has 0 saturated carbocycles. The summed E-state index contributed by atoms with van der Waals surface area (Å²) in [6, 6.07) is 28.0. The van der Waals surface area contributed by atoms with Crippen molar-refractivity contribution in [2.75, 3.05) is 0 Å². The normalized spacial score (nSPS) is 13.4. The average Bonchev–Trinajstić information content (AvgIpc) is 3.76. The van der Waals surface area contributed by atoms with Gasteiger partial charge in [-0.1, -0.05) is 96.0 Å². The van der Waals surface area contributed by atoms with E-state index in [0.29, 0.717) is 56.9 Å². The van der Waals surface area contributed by atoms with E-state index < -0.39 is 5.56 Å². The van der Waals surface area contributed by atoms with Crippen LogP contribution in [-0.2, 0) is 25.7 Å². The molecule has 0 unspecified atom stereocenters. The number of hydrogen-bond donors (Lipinski definition) is 5. The number of aromatic nitrogens is 2. The van der Waals surface area contributed by atoms with E-state index in [1.165, 1.54) is 46.6 Å². The number of fused-ring (bicyclic) bond motifs is 4. The second-order valence-electron chi connectivity index (χ2n) is 14.8. The number of pyridine rings is 2. The molecule has 294 valence electrons. The molecule has 2 aliphatic rings. The number of phenols is 1. The highest BCUT2D eigenvalue weighted by Crippen LogP contribution is 2.51. The van der Waals surface area contributed by atoms with Gasteiger partial charge < -0.3 is 25.3 Å². The Morgan fingerprint density at radius 1 is 0.559 bits per heavy atom. The molecule has 12 heteroatoms. The van der Waals surface area contributed by atoms with E-state index in [4.69, 9.17) is 23.2 Å². The van der Waals surface area contributed by atoms with Crippen molar-refractivity contribution >= 4 is 66.3 Å². The Hall–Kier alpha value is -5.83.